The summed E-state index contributed by atoms with van der Waals surface area (Å²) in [5.41, 5.74) is 2.82. The van der Waals surface area contributed by atoms with Crippen molar-refractivity contribution in [2.24, 2.45) is 9.50 Å². The molecule has 0 radical (unpaired) electrons. The zero-order chi connectivity index (χ0) is 23.2. The number of hydrogen-bond donors (Lipinski definition) is 2. The topological polar surface area (TPSA) is 143 Å². The summed E-state index contributed by atoms with van der Waals surface area (Å²) in [6.07, 6.45) is 3.40. The molecule has 2 aliphatic heterocycles. The van der Waals surface area contributed by atoms with Crippen LogP contribution in [0.5, 0.6) is 17.5 Å². The maximum atomic E-state index is 13.2. The number of carbonyl (C=O) groups is 1. The lowest BCUT2D eigenvalue weighted by Gasteiger charge is -2.14. The predicted octanol–water partition coefficient (Wildman–Crippen LogP) is 2.60. The number of fused-ring (bicyclic) bond motifs is 2. The number of anilines is 1. The molecule has 0 bridgehead atoms. The number of methoxy groups -OCH3 is 1. The first-order valence-electron chi connectivity index (χ1n) is 10.2. The number of amides is 2. The first kappa shape index (κ1) is 21.2. The number of nitrogens with zero attached hydrogens (tertiary/aromatic N) is 4. The first-order chi connectivity index (χ1) is 15.9. The Morgan fingerprint density at radius 1 is 1.39 bits per heavy atom. The third kappa shape index (κ3) is 3.87. The van der Waals surface area contributed by atoms with E-state index in [-0.39, 0.29) is 16.9 Å². The summed E-state index contributed by atoms with van der Waals surface area (Å²) < 4.78 is 35.0. The Morgan fingerprint density at radius 2 is 2.24 bits per heavy atom. The van der Waals surface area contributed by atoms with Gasteiger partial charge in [0.05, 0.1) is 32.1 Å². The Hall–Kier alpha value is -3.64. The molecule has 0 saturated carbocycles. The van der Waals surface area contributed by atoms with Gasteiger partial charge in [-0.1, -0.05) is 0 Å². The van der Waals surface area contributed by atoms with Crippen molar-refractivity contribution in [1.82, 2.24) is 14.8 Å². The molecule has 3 aromatic rings. The third-order valence-electron chi connectivity index (χ3n) is 5.40. The van der Waals surface area contributed by atoms with Gasteiger partial charge in [-0.05, 0) is 30.7 Å². The number of urea groups is 1. The molecule has 0 spiro atoms. The van der Waals surface area contributed by atoms with Crippen molar-refractivity contribution in [3.8, 4) is 28.6 Å². The highest BCUT2D eigenvalue weighted by Crippen LogP contribution is 2.40. The summed E-state index contributed by atoms with van der Waals surface area (Å²) in [4.78, 5) is 17.1. The maximum absolute atomic E-state index is 13.2. The highest BCUT2D eigenvalue weighted by Gasteiger charge is 2.29. The largest absolute Gasteiger partial charge is 0.493 e. The van der Waals surface area contributed by atoms with Crippen LogP contribution in [-0.2, 0) is 22.9 Å². The number of aromatic nitrogens is 3. The third-order valence-corrected chi connectivity index (χ3v) is 6.75. The minimum atomic E-state index is -3.59. The number of hydrogen-bond acceptors (Lipinski definition) is 7. The van der Waals surface area contributed by atoms with Crippen molar-refractivity contribution < 1.29 is 23.2 Å². The van der Waals surface area contributed by atoms with Crippen molar-refractivity contribution >= 4 is 21.6 Å². The molecule has 2 amide bonds. The number of ether oxygens (including phenoxy) is 3. The number of nitrogens with two attached hydrogens (primary N) is 1. The quantitative estimate of drug-likeness (QED) is 0.596. The molecule has 2 atom stereocenters. The maximum Gasteiger partial charge on any atom is 0.354 e. The van der Waals surface area contributed by atoms with E-state index >= 15 is 0 Å². The lowest BCUT2D eigenvalue weighted by molar-refractivity contribution is 0.248. The normalized spacial score (nSPS) is 17.8. The van der Waals surface area contributed by atoms with E-state index in [1.165, 1.54) is 13.3 Å². The molecular weight excluding hydrogens is 448 g/mol. The van der Waals surface area contributed by atoms with Crippen LogP contribution in [0.25, 0.3) is 11.1 Å². The molecule has 0 aliphatic carbocycles. The van der Waals surface area contributed by atoms with E-state index in [2.05, 4.69) is 19.8 Å². The molecule has 12 heteroatoms. The van der Waals surface area contributed by atoms with Gasteiger partial charge in [-0.3, -0.25) is 0 Å². The molecule has 0 fully saturated rings. The molecule has 2 aromatic heterocycles. The number of rotatable bonds is 4. The molecule has 0 saturated heterocycles. The minimum absolute atomic E-state index is 0.0858. The number of pyridine rings is 1. The van der Waals surface area contributed by atoms with Gasteiger partial charge in [0, 0.05) is 29.8 Å². The van der Waals surface area contributed by atoms with Gasteiger partial charge < -0.3 is 19.5 Å². The van der Waals surface area contributed by atoms with Crippen molar-refractivity contribution in [2.75, 3.05) is 19.0 Å². The van der Waals surface area contributed by atoms with E-state index in [0.717, 1.165) is 16.7 Å². The molecule has 5 rings (SSSR count). The molecule has 172 valence electrons. The van der Waals surface area contributed by atoms with Gasteiger partial charge in [0.2, 0.25) is 11.8 Å². The number of nitrogens with one attached hydrogen (secondary N) is 1. The van der Waals surface area contributed by atoms with Crippen molar-refractivity contribution in [3.63, 3.8) is 0 Å². The van der Waals surface area contributed by atoms with Gasteiger partial charge in [-0.15, -0.1) is 4.36 Å². The van der Waals surface area contributed by atoms with Gasteiger partial charge >= 0.3 is 6.03 Å². The SMILES string of the molecule is COc1cc(-c2ccc3c(c2NC(=O)N=[S@](N)(=O)c2cnn4c2O[C@H](C)C4)CCO3)ccn1. The monoisotopic (exact) mass is 470 g/mol. The summed E-state index contributed by atoms with van der Waals surface area (Å²) in [7, 11) is -2.07. The Morgan fingerprint density at radius 3 is 3.06 bits per heavy atom. The van der Waals surface area contributed by atoms with E-state index in [9.17, 15) is 9.00 Å². The average molecular weight is 471 g/mol. The van der Waals surface area contributed by atoms with Gasteiger partial charge in [-0.25, -0.2) is 23.8 Å². The average Bonchev–Trinajstić information content (AvgIpc) is 3.49. The number of benzene rings is 1. The van der Waals surface area contributed by atoms with E-state index in [1.54, 1.807) is 23.0 Å². The molecule has 11 nitrogen and oxygen atoms in total. The summed E-state index contributed by atoms with van der Waals surface area (Å²) in [5.74, 6) is 1.37. The smallest absolute Gasteiger partial charge is 0.354 e. The van der Waals surface area contributed by atoms with Crippen LogP contribution in [0.15, 0.2) is 45.9 Å². The van der Waals surface area contributed by atoms with Crippen LogP contribution in [-0.4, -0.2) is 44.8 Å². The van der Waals surface area contributed by atoms with Crippen molar-refractivity contribution in [3.05, 3.63) is 42.2 Å². The fourth-order valence-electron chi connectivity index (χ4n) is 3.93. The van der Waals surface area contributed by atoms with Crippen LogP contribution in [0.3, 0.4) is 0 Å². The van der Waals surface area contributed by atoms with Gasteiger partial charge in [0.15, 0.2) is 9.92 Å². The van der Waals surface area contributed by atoms with Crippen LogP contribution in [0.4, 0.5) is 10.5 Å². The summed E-state index contributed by atoms with van der Waals surface area (Å²) >= 11 is 0. The molecular formula is C21H22N6O5S. The van der Waals surface area contributed by atoms with Crippen molar-refractivity contribution in [1.29, 1.82) is 0 Å². The van der Waals surface area contributed by atoms with Crippen LogP contribution < -0.4 is 24.7 Å². The van der Waals surface area contributed by atoms with E-state index in [1.807, 2.05) is 19.1 Å². The van der Waals surface area contributed by atoms with E-state index in [0.29, 0.717) is 36.9 Å². The van der Waals surface area contributed by atoms with Crippen LogP contribution in [0, 0.1) is 0 Å². The summed E-state index contributed by atoms with van der Waals surface area (Å²) in [6, 6.07) is 6.38. The summed E-state index contributed by atoms with van der Waals surface area (Å²) in [5, 5.41) is 12.9. The zero-order valence-corrected chi connectivity index (χ0v) is 18.8. The minimum Gasteiger partial charge on any atom is -0.493 e. The molecule has 1 aromatic carbocycles. The van der Waals surface area contributed by atoms with Crippen LogP contribution >= 0.6 is 0 Å². The van der Waals surface area contributed by atoms with Crippen LogP contribution in [0.2, 0.25) is 0 Å². The Bertz CT molecular complexity index is 1380. The van der Waals surface area contributed by atoms with Gasteiger partial charge in [0.1, 0.15) is 16.7 Å². The summed E-state index contributed by atoms with van der Waals surface area (Å²) in [6.45, 7) is 2.85. The lowest BCUT2D eigenvalue weighted by Crippen LogP contribution is -2.19. The molecule has 4 heterocycles. The second kappa shape index (κ2) is 8.05. The standard InChI is InChI=1S/C21H22N6O5S/c1-12-11-27-20(32-12)17(10-24-27)33(22,29)26-21(28)25-19-14(3-4-16-15(19)6-8-31-16)13-5-7-23-18(9-13)30-2/h3-5,7,9-10,12H,6,8,11H2,1-2H3,(H3,22,25,26,28,29)/t12-,33+/m1/s1. The molecule has 0 unspecified atom stereocenters. The second-order valence-corrected chi connectivity index (χ2v) is 9.42. The van der Waals surface area contributed by atoms with Gasteiger partial charge in [0.25, 0.3) is 0 Å². The highest BCUT2D eigenvalue weighted by molar-refractivity contribution is 7.91. The predicted molar refractivity (Wildman–Crippen MR) is 120 cm³/mol. The fraction of sp³-hybridized carbons (Fsp3) is 0.286. The van der Waals surface area contributed by atoms with E-state index in [4.69, 9.17) is 19.3 Å². The Balaban J connectivity index is 1.52. The van der Waals surface area contributed by atoms with Crippen molar-refractivity contribution in [2.45, 2.75) is 30.9 Å². The Labute approximate surface area is 190 Å². The Kier molecular flexibility index (Phi) is 5.17. The zero-order valence-electron chi connectivity index (χ0n) is 18.0. The second-order valence-electron chi connectivity index (χ2n) is 7.66. The first-order valence-corrected chi connectivity index (χ1v) is 11.8. The van der Waals surface area contributed by atoms with Crippen LogP contribution in [0.1, 0.15) is 12.5 Å². The van der Waals surface area contributed by atoms with E-state index < -0.39 is 15.9 Å². The lowest BCUT2D eigenvalue weighted by atomic mass is 9.99. The molecule has 3 N–H and O–H groups in total. The fourth-order valence-corrected chi connectivity index (χ4v) is 4.92. The van der Waals surface area contributed by atoms with Gasteiger partial charge in [-0.2, -0.15) is 5.10 Å². The molecule has 2 aliphatic rings. The highest BCUT2D eigenvalue weighted by atomic mass is 32.2. The molecule has 33 heavy (non-hydrogen) atoms. The number of carbonyl (C=O) groups excluding carboxylic acids is 1.